The molecule has 0 radical (unpaired) electrons. The molecule has 3 fully saturated rings. The van der Waals surface area contributed by atoms with E-state index in [0.29, 0.717) is 89.4 Å². The first-order chi connectivity index (χ1) is 19.7. The Kier molecular flexibility index (Phi) is 10.8. The first-order valence-electron chi connectivity index (χ1n) is 14.9. The Hall–Kier alpha value is -2.48. The van der Waals surface area contributed by atoms with Crippen LogP contribution in [0.5, 0.6) is 5.75 Å². The standard InChI is InChI=1S/C31H44N4O5/c1-3-10-36-11-12-37-13-14-38-15-16-39-17-18-40-30-8-4-24(5-9-30)25-19-26(20-25)31-34-33-23(2)35(31)29-21-27-6-7-28(22-29)32-27/h1,4-5,8-9,25-29,32H,6-7,10-22H2,2H3. The number of nitrogens with one attached hydrogen (secondary N) is 1. The second-order valence-electron chi connectivity index (χ2n) is 11.1. The van der Waals surface area contributed by atoms with Gasteiger partial charge in [0.1, 0.15) is 30.6 Å². The van der Waals surface area contributed by atoms with Gasteiger partial charge >= 0.3 is 0 Å². The van der Waals surface area contributed by atoms with E-state index in [2.05, 4.69) is 57.2 Å². The molecule has 9 heteroatoms. The summed E-state index contributed by atoms with van der Waals surface area (Å²) in [6.07, 6.45) is 12.4. The fourth-order valence-electron chi connectivity index (χ4n) is 6.30. The molecule has 2 bridgehead atoms. The number of rotatable bonds is 17. The van der Waals surface area contributed by atoms with Gasteiger partial charge in [-0.15, -0.1) is 16.6 Å². The maximum absolute atomic E-state index is 5.85. The normalized spacial score (nSPS) is 25.4. The largest absolute Gasteiger partial charge is 0.491 e. The molecule has 0 amide bonds. The van der Waals surface area contributed by atoms with Crippen molar-refractivity contribution in [1.29, 1.82) is 0 Å². The van der Waals surface area contributed by atoms with Crippen molar-refractivity contribution in [3.05, 3.63) is 41.5 Å². The van der Waals surface area contributed by atoms with Gasteiger partial charge < -0.3 is 33.6 Å². The van der Waals surface area contributed by atoms with E-state index in [4.69, 9.17) is 30.1 Å². The monoisotopic (exact) mass is 552 g/mol. The highest BCUT2D eigenvalue weighted by molar-refractivity contribution is 5.32. The van der Waals surface area contributed by atoms with Crippen LogP contribution in [0, 0.1) is 19.3 Å². The van der Waals surface area contributed by atoms with E-state index in [1.165, 1.54) is 37.1 Å². The lowest BCUT2D eigenvalue weighted by atomic mass is 9.71. The van der Waals surface area contributed by atoms with Gasteiger partial charge in [0, 0.05) is 24.0 Å². The number of ether oxygens (including phenoxy) is 5. The van der Waals surface area contributed by atoms with Gasteiger partial charge in [-0.1, -0.05) is 18.1 Å². The number of hydrogen-bond acceptors (Lipinski definition) is 8. The molecule has 9 nitrogen and oxygen atoms in total. The van der Waals surface area contributed by atoms with Crippen LogP contribution < -0.4 is 10.1 Å². The summed E-state index contributed by atoms with van der Waals surface area (Å²) in [7, 11) is 0. The lowest BCUT2D eigenvalue weighted by molar-refractivity contribution is -0.00187. The van der Waals surface area contributed by atoms with Crippen molar-refractivity contribution in [2.75, 3.05) is 59.5 Å². The summed E-state index contributed by atoms with van der Waals surface area (Å²) in [5, 5.41) is 12.9. The highest BCUT2D eigenvalue weighted by atomic mass is 16.6. The molecule has 2 atom stereocenters. The maximum Gasteiger partial charge on any atom is 0.136 e. The van der Waals surface area contributed by atoms with Crippen molar-refractivity contribution < 1.29 is 23.7 Å². The number of fused-ring (bicyclic) bond motifs is 2. The average molecular weight is 553 g/mol. The van der Waals surface area contributed by atoms with E-state index in [9.17, 15) is 0 Å². The van der Waals surface area contributed by atoms with Gasteiger partial charge in [-0.3, -0.25) is 0 Å². The molecule has 2 aliphatic heterocycles. The molecule has 2 saturated heterocycles. The van der Waals surface area contributed by atoms with Gasteiger partial charge in [-0.25, -0.2) is 0 Å². The Morgan fingerprint density at radius 3 is 2.02 bits per heavy atom. The zero-order chi connectivity index (χ0) is 27.6. The van der Waals surface area contributed by atoms with E-state index < -0.39 is 0 Å². The van der Waals surface area contributed by atoms with Crippen LogP contribution in [0.1, 0.15) is 73.6 Å². The molecular weight excluding hydrogens is 508 g/mol. The van der Waals surface area contributed by atoms with Gasteiger partial charge in [0.2, 0.25) is 0 Å². The van der Waals surface area contributed by atoms with Gasteiger partial charge in [0.15, 0.2) is 0 Å². The third kappa shape index (κ3) is 7.83. The zero-order valence-corrected chi connectivity index (χ0v) is 23.8. The predicted molar refractivity (Wildman–Crippen MR) is 152 cm³/mol. The third-order valence-corrected chi connectivity index (χ3v) is 8.36. The minimum atomic E-state index is 0.318. The van der Waals surface area contributed by atoms with Crippen LogP contribution in [0.2, 0.25) is 0 Å². The lowest BCUT2D eigenvalue weighted by Crippen LogP contribution is -2.40. The molecule has 5 rings (SSSR count). The zero-order valence-electron chi connectivity index (χ0n) is 23.8. The van der Waals surface area contributed by atoms with Gasteiger partial charge in [0.25, 0.3) is 0 Å². The quantitative estimate of drug-likeness (QED) is 0.234. The summed E-state index contributed by atoms with van der Waals surface area (Å²) in [4.78, 5) is 0. The summed E-state index contributed by atoms with van der Waals surface area (Å²) in [6, 6.07) is 10.4. The number of piperidine rings is 1. The fourth-order valence-corrected chi connectivity index (χ4v) is 6.30. The predicted octanol–water partition coefficient (Wildman–Crippen LogP) is 3.78. The molecule has 2 aromatic rings. The average Bonchev–Trinajstić information content (AvgIpc) is 3.49. The summed E-state index contributed by atoms with van der Waals surface area (Å²) < 4.78 is 29.9. The topological polar surface area (TPSA) is 88.9 Å². The highest BCUT2D eigenvalue weighted by Crippen LogP contribution is 2.48. The van der Waals surface area contributed by atoms with Crippen molar-refractivity contribution in [2.24, 2.45) is 0 Å². The molecular formula is C31H44N4O5. The Morgan fingerprint density at radius 1 is 0.800 bits per heavy atom. The molecule has 1 aliphatic carbocycles. The highest BCUT2D eigenvalue weighted by Gasteiger charge is 2.39. The van der Waals surface area contributed by atoms with E-state index in [-0.39, 0.29) is 0 Å². The second kappa shape index (κ2) is 14.9. The van der Waals surface area contributed by atoms with Crippen molar-refractivity contribution >= 4 is 0 Å². The number of nitrogens with zero attached hydrogens (tertiary/aromatic N) is 3. The van der Waals surface area contributed by atoms with Gasteiger partial charge in [0.05, 0.1) is 46.2 Å². The number of benzene rings is 1. The Balaban J connectivity index is 0.938. The van der Waals surface area contributed by atoms with Crippen LogP contribution in [-0.2, 0) is 18.9 Å². The molecule has 1 aromatic heterocycles. The van der Waals surface area contributed by atoms with Gasteiger partial charge in [-0.05, 0) is 69.1 Å². The Labute approximate surface area is 238 Å². The summed E-state index contributed by atoms with van der Waals surface area (Å²) in [5.74, 6) is 6.65. The van der Waals surface area contributed by atoms with Gasteiger partial charge in [-0.2, -0.15) is 0 Å². The summed E-state index contributed by atoms with van der Waals surface area (Å²) in [5.41, 5.74) is 1.38. The summed E-state index contributed by atoms with van der Waals surface area (Å²) >= 11 is 0. The molecule has 2 unspecified atom stereocenters. The van der Waals surface area contributed by atoms with Crippen LogP contribution in [0.15, 0.2) is 24.3 Å². The lowest BCUT2D eigenvalue weighted by Gasteiger charge is -2.38. The van der Waals surface area contributed by atoms with Crippen molar-refractivity contribution in [3.8, 4) is 18.1 Å². The molecule has 1 N–H and O–H groups in total. The van der Waals surface area contributed by atoms with E-state index in [0.717, 1.165) is 24.4 Å². The fraction of sp³-hybridized carbons (Fsp3) is 0.677. The number of terminal acetylenes is 1. The van der Waals surface area contributed by atoms with Crippen molar-refractivity contribution in [1.82, 2.24) is 20.1 Å². The number of hydrogen-bond donors (Lipinski definition) is 1. The van der Waals surface area contributed by atoms with E-state index in [1.807, 2.05) is 0 Å². The van der Waals surface area contributed by atoms with Crippen LogP contribution in [-0.4, -0.2) is 86.3 Å². The SMILES string of the molecule is C#CCOCCOCCOCCOCCOc1ccc(C2CC(c3nnc(C)n3C3CC4CCC(C3)N4)C2)cc1. The minimum absolute atomic E-state index is 0.318. The molecule has 1 aromatic carbocycles. The molecule has 3 aliphatic rings. The first kappa shape index (κ1) is 29.0. The van der Waals surface area contributed by atoms with Crippen molar-refractivity contribution in [2.45, 2.75) is 75.4 Å². The number of aryl methyl sites for hydroxylation is 1. The maximum atomic E-state index is 5.85. The van der Waals surface area contributed by atoms with E-state index in [1.54, 1.807) is 0 Å². The van der Waals surface area contributed by atoms with Crippen molar-refractivity contribution in [3.63, 3.8) is 0 Å². The van der Waals surface area contributed by atoms with Crippen LogP contribution in [0.4, 0.5) is 0 Å². The minimum Gasteiger partial charge on any atom is -0.491 e. The third-order valence-electron chi connectivity index (χ3n) is 8.36. The molecule has 0 spiro atoms. The number of aromatic nitrogens is 3. The molecule has 218 valence electrons. The summed E-state index contributed by atoms with van der Waals surface area (Å²) in [6.45, 7) is 6.61. The second-order valence-corrected chi connectivity index (χ2v) is 11.1. The van der Waals surface area contributed by atoms with E-state index >= 15 is 0 Å². The Morgan fingerprint density at radius 2 is 1.40 bits per heavy atom. The Bertz CT molecular complexity index is 1070. The molecule has 3 heterocycles. The van der Waals surface area contributed by atoms with Crippen LogP contribution in [0.25, 0.3) is 0 Å². The molecule has 1 saturated carbocycles. The smallest absolute Gasteiger partial charge is 0.136 e. The first-order valence-corrected chi connectivity index (χ1v) is 14.9. The van der Waals surface area contributed by atoms with Crippen LogP contribution in [0.3, 0.4) is 0 Å². The van der Waals surface area contributed by atoms with Crippen LogP contribution >= 0.6 is 0 Å². The molecule has 40 heavy (non-hydrogen) atoms.